The molecule has 0 bridgehead atoms. The Morgan fingerprint density at radius 3 is 2.62 bits per heavy atom. The molecule has 1 saturated carbocycles. The van der Waals surface area contributed by atoms with Gasteiger partial charge in [0.05, 0.1) is 0 Å². The van der Waals surface area contributed by atoms with Gasteiger partial charge < -0.3 is 9.64 Å². The second kappa shape index (κ2) is 6.33. The zero-order chi connectivity index (χ0) is 14.7. The highest BCUT2D eigenvalue weighted by Crippen LogP contribution is 2.48. The molecule has 0 radical (unpaired) electrons. The van der Waals surface area contributed by atoms with Crippen LogP contribution in [0.15, 0.2) is 43.0 Å². The van der Waals surface area contributed by atoms with E-state index in [9.17, 15) is 4.79 Å². The maximum absolute atomic E-state index is 12.1. The summed E-state index contributed by atoms with van der Waals surface area (Å²) in [4.78, 5) is 13.9. The first kappa shape index (κ1) is 14.2. The van der Waals surface area contributed by atoms with Gasteiger partial charge in [0.15, 0.2) is 0 Å². The molecule has 0 unspecified atom stereocenters. The van der Waals surface area contributed by atoms with Gasteiger partial charge in [-0.15, -0.1) is 6.58 Å². The Labute approximate surface area is 126 Å². The monoisotopic (exact) mass is 285 g/mol. The lowest BCUT2D eigenvalue weighted by molar-refractivity contribution is 0.0800. The summed E-state index contributed by atoms with van der Waals surface area (Å²) in [5, 5.41) is 0. The van der Waals surface area contributed by atoms with E-state index in [1.807, 2.05) is 35.2 Å². The van der Waals surface area contributed by atoms with Crippen molar-refractivity contribution in [3.05, 3.63) is 48.6 Å². The zero-order valence-electron chi connectivity index (χ0n) is 12.4. The highest BCUT2D eigenvalue weighted by Gasteiger charge is 2.42. The predicted molar refractivity (Wildman–Crippen MR) is 82.7 cm³/mol. The topological polar surface area (TPSA) is 29.5 Å². The Morgan fingerprint density at radius 2 is 2.00 bits per heavy atom. The lowest BCUT2D eigenvalue weighted by Gasteiger charge is -2.31. The summed E-state index contributed by atoms with van der Waals surface area (Å²) in [6.45, 7) is 5.91. The van der Waals surface area contributed by atoms with Crippen LogP contribution in [0, 0.1) is 17.8 Å². The molecule has 21 heavy (non-hydrogen) atoms. The van der Waals surface area contributed by atoms with Gasteiger partial charge in [-0.2, -0.15) is 0 Å². The van der Waals surface area contributed by atoms with Crippen LogP contribution in [0.2, 0.25) is 0 Å². The first-order valence-electron chi connectivity index (χ1n) is 7.86. The molecule has 2 aliphatic rings. The standard InChI is InChI=1S/C18H23NO2/c1-2-15-12-17(15)16-8-10-19(11-9-16)18(20)21-13-14-6-4-3-5-7-14/h2-7,15-17H,1,8-13H2/t15-,17-/m0/s1. The molecule has 3 rings (SSSR count). The van der Waals surface area contributed by atoms with E-state index in [1.54, 1.807) is 0 Å². The Hall–Kier alpha value is -1.77. The molecule has 0 aromatic heterocycles. The van der Waals surface area contributed by atoms with E-state index in [4.69, 9.17) is 4.74 Å². The number of carbonyl (C=O) groups is 1. The summed E-state index contributed by atoms with van der Waals surface area (Å²) in [7, 11) is 0. The molecule has 1 amide bonds. The molecule has 112 valence electrons. The average molecular weight is 285 g/mol. The number of nitrogens with zero attached hydrogens (tertiary/aromatic N) is 1. The molecule has 1 heterocycles. The molecule has 1 aromatic carbocycles. The molecule has 0 N–H and O–H groups in total. The van der Waals surface area contributed by atoms with Crippen LogP contribution >= 0.6 is 0 Å². The molecule has 0 spiro atoms. The van der Waals surface area contributed by atoms with Crippen LogP contribution in [-0.4, -0.2) is 24.1 Å². The summed E-state index contributed by atoms with van der Waals surface area (Å²) in [5.41, 5.74) is 1.03. The predicted octanol–water partition coefficient (Wildman–Crippen LogP) is 3.86. The van der Waals surface area contributed by atoms with Gasteiger partial charge in [0.25, 0.3) is 0 Å². The third-order valence-electron chi connectivity index (χ3n) is 4.80. The van der Waals surface area contributed by atoms with Crippen molar-refractivity contribution in [3.63, 3.8) is 0 Å². The molecule has 3 heteroatoms. The van der Waals surface area contributed by atoms with E-state index in [1.165, 1.54) is 6.42 Å². The second-order valence-corrected chi connectivity index (χ2v) is 6.16. The molecule has 1 aliphatic heterocycles. The Morgan fingerprint density at radius 1 is 1.29 bits per heavy atom. The highest BCUT2D eigenvalue weighted by atomic mass is 16.6. The van der Waals surface area contributed by atoms with Gasteiger partial charge in [0.2, 0.25) is 0 Å². The fourth-order valence-electron chi connectivity index (χ4n) is 3.37. The number of hydrogen-bond donors (Lipinski definition) is 0. The van der Waals surface area contributed by atoms with Gasteiger partial charge in [0, 0.05) is 13.1 Å². The highest BCUT2D eigenvalue weighted by molar-refractivity contribution is 5.67. The van der Waals surface area contributed by atoms with Crippen molar-refractivity contribution >= 4 is 6.09 Å². The third kappa shape index (κ3) is 3.46. The molecular weight excluding hydrogens is 262 g/mol. The molecule has 1 aliphatic carbocycles. The number of allylic oxidation sites excluding steroid dienone is 1. The van der Waals surface area contributed by atoms with Crippen molar-refractivity contribution in [1.29, 1.82) is 0 Å². The van der Waals surface area contributed by atoms with E-state index < -0.39 is 0 Å². The quantitative estimate of drug-likeness (QED) is 0.786. The van der Waals surface area contributed by atoms with Crippen LogP contribution in [0.4, 0.5) is 4.79 Å². The smallest absolute Gasteiger partial charge is 0.410 e. The van der Waals surface area contributed by atoms with Gasteiger partial charge >= 0.3 is 6.09 Å². The van der Waals surface area contributed by atoms with Gasteiger partial charge in [0.1, 0.15) is 6.61 Å². The van der Waals surface area contributed by atoms with E-state index in [-0.39, 0.29) is 6.09 Å². The summed E-state index contributed by atoms with van der Waals surface area (Å²) in [6.07, 6.45) is 5.43. The number of carbonyl (C=O) groups excluding carboxylic acids is 1. The largest absolute Gasteiger partial charge is 0.445 e. The Balaban J connectivity index is 1.42. The van der Waals surface area contributed by atoms with Crippen LogP contribution in [0.3, 0.4) is 0 Å². The first-order valence-corrected chi connectivity index (χ1v) is 7.86. The van der Waals surface area contributed by atoms with Crippen molar-refractivity contribution in [3.8, 4) is 0 Å². The number of benzene rings is 1. The summed E-state index contributed by atoms with van der Waals surface area (Å²) < 4.78 is 5.39. The minimum atomic E-state index is -0.173. The van der Waals surface area contributed by atoms with Crippen LogP contribution < -0.4 is 0 Å². The fourth-order valence-corrected chi connectivity index (χ4v) is 3.37. The van der Waals surface area contributed by atoms with Crippen LogP contribution in [-0.2, 0) is 11.3 Å². The van der Waals surface area contributed by atoms with E-state index in [0.29, 0.717) is 6.61 Å². The average Bonchev–Trinajstić information content (AvgIpc) is 3.33. The number of piperidine rings is 1. The molecule has 1 aromatic rings. The number of hydrogen-bond acceptors (Lipinski definition) is 2. The van der Waals surface area contributed by atoms with Gasteiger partial charge in [-0.05, 0) is 42.6 Å². The maximum atomic E-state index is 12.1. The zero-order valence-corrected chi connectivity index (χ0v) is 12.4. The number of rotatable bonds is 4. The van der Waals surface area contributed by atoms with E-state index in [0.717, 1.165) is 49.2 Å². The SMILES string of the molecule is C=C[C@H]1C[C@@H]1C1CCN(C(=O)OCc2ccccc2)CC1. The summed E-state index contributed by atoms with van der Waals surface area (Å²) >= 11 is 0. The second-order valence-electron chi connectivity index (χ2n) is 6.16. The van der Waals surface area contributed by atoms with E-state index >= 15 is 0 Å². The lowest BCUT2D eigenvalue weighted by atomic mass is 9.91. The van der Waals surface area contributed by atoms with E-state index in [2.05, 4.69) is 12.7 Å². The first-order chi connectivity index (χ1) is 10.3. The van der Waals surface area contributed by atoms with Gasteiger partial charge in [-0.25, -0.2) is 4.79 Å². The Kier molecular flexibility index (Phi) is 4.28. The van der Waals surface area contributed by atoms with Crippen molar-refractivity contribution in [2.75, 3.05) is 13.1 Å². The fraction of sp³-hybridized carbons (Fsp3) is 0.500. The van der Waals surface area contributed by atoms with Crippen LogP contribution in [0.1, 0.15) is 24.8 Å². The summed E-state index contributed by atoms with van der Waals surface area (Å²) in [5.74, 6) is 2.32. The van der Waals surface area contributed by atoms with Crippen LogP contribution in [0.5, 0.6) is 0 Å². The van der Waals surface area contributed by atoms with Crippen molar-refractivity contribution < 1.29 is 9.53 Å². The molecule has 3 nitrogen and oxygen atoms in total. The third-order valence-corrected chi connectivity index (χ3v) is 4.80. The Bertz CT molecular complexity index is 491. The van der Waals surface area contributed by atoms with Crippen molar-refractivity contribution in [2.24, 2.45) is 17.8 Å². The minimum Gasteiger partial charge on any atom is -0.445 e. The van der Waals surface area contributed by atoms with Crippen LogP contribution in [0.25, 0.3) is 0 Å². The number of ether oxygens (including phenoxy) is 1. The molecule has 1 saturated heterocycles. The lowest BCUT2D eigenvalue weighted by Crippen LogP contribution is -2.39. The normalized spacial score (nSPS) is 25.4. The van der Waals surface area contributed by atoms with Crippen molar-refractivity contribution in [1.82, 2.24) is 4.90 Å². The molecule has 2 fully saturated rings. The number of amides is 1. The minimum absolute atomic E-state index is 0.173. The van der Waals surface area contributed by atoms with Crippen molar-refractivity contribution in [2.45, 2.75) is 25.9 Å². The number of likely N-dealkylation sites (tertiary alicyclic amines) is 1. The summed E-state index contributed by atoms with van der Waals surface area (Å²) in [6, 6.07) is 9.83. The maximum Gasteiger partial charge on any atom is 0.410 e. The van der Waals surface area contributed by atoms with Gasteiger partial charge in [-0.1, -0.05) is 36.4 Å². The molecular formula is C18H23NO2. The van der Waals surface area contributed by atoms with Gasteiger partial charge in [-0.3, -0.25) is 0 Å². The molecule has 2 atom stereocenters.